The van der Waals surface area contributed by atoms with Gasteiger partial charge in [0.1, 0.15) is 24.2 Å². The van der Waals surface area contributed by atoms with Crippen LogP contribution < -0.4 is 15.0 Å². The summed E-state index contributed by atoms with van der Waals surface area (Å²) in [6.45, 7) is 0. The molecule has 0 spiro atoms. The lowest BCUT2D eigenvalue weighted by Crippen LogP contribution is -2.32. The first-order chi connectivity index (χ1) is 16.1. The Morgan fingerprint density at radius 3 is 2.42 bits per heavy atom. The van der Waals surface area contributed by atoms with Crippen molar-refractivity contribution in [3.8, 4) is 5.75 Å². The Morgan fingerprint density at radius 2 is 1.67 bits per heavy atom. The van der Waals surface area contributed by atoms with Gasteiger partial charge in [-0.1, -0.05) is 52.3 Å². The largest absolute Gasteiger partial charge is 0.480 e. The Labute approximate surface area is 200 Å². The molecule has 3 heterocycles. The second kappa shape index (κ2) is 7.78. The normalized spacial score (nSPS) is 18.5. The highest BCUT2D eigenvalue weighted by atomic mass is 79.9. The van der Waals surface area contributed by atoms with Crippen LogP contribution in [0.5, 0.6) is 5.75 Å². The molecule has 6 rings (SSSR count). The summed E-state index contributed by atoms with van der Waals surface area (Å²) in [6.07, 6.45) is 1.33. The topological polar surface area (TPSA) is 55.2 Å². The summed E-state index contributed by atoms with van der Waals surface area (Å²) in [4.78, 5) is 6.60. The molecule has 3 aromatic carbocycles. The fraction of sp³-hybridized carbons (Fsp3) is 0.154. The van der Waals surface area contributed by atoms with E-state index in [0.717, 1.165) is 49.8 Å². The van der Waals surface area contributed by atoms with E-state index in [1.54, 1.807) is 6.33 Å². The molecule has 6 nitrogen and oxygen atoms in total. The first kappa shape index (κ1) is 20.1. The summed E-state index contributed by atoms with van der Waals surface area (Å²) in [5.41, 5.74) is 6.55. The van der Waals surface area contributed by atoms with Crippen LogP contribution in [0.3, 0.4) is 0 Å². The Balaban J connectivity index is 1.59. The number of nitrogens with zero attached hydrogens (tertiary/aromatic N) is 4. The van der Waals surface area contributed by atoms with Crippen molar-refractivity contribution in [3.05, 3.63) is 106 Å². The van der Waals surface area contributed by atoms with Gasteiger partial charge in [0, 0.05) is 35.4 Å². The number of rotatable bonds is 3. The molecule has 7 heteroatoms. The molecule has 0 saturated carbocycles. The number of hydrogen-bond acceptors (Lipinski definition) is 5. The van der Waals surface area contributed by atoms with Crippen LogP contribution in [-0.4, -0.2) is 28.9 Å². The maximum absolute atomic E-state index is 6.65. The van der Waals surface area contributed by atoms with Crippen molar-refractivity contribution in [2.45, 2.75) is 12.1 Å². The Hall–Kier alpha value is -3.58. The van der Waals surface area contributed by atoms with Crippen molar-refractivity contribution in [1.82, 2.24) is 14.8 Å². The Bertz CT molecular complexity index is 1360. The van der Waals surface area contributed by atoms with Crippen molar-refractivity contribution in [2.75, 3.05) is 24.3 Å². The maximum Gasteiger partial charge on any atom is 0.226 e. The molecule has 2 aliphatic rings. The highest BCUT2D eigenvalue weighted by Crippen LogP contribution is 2.50. The number of ether oxygens (including phenoxy) is 1. The van der Waals surface area contributed by atoms with E-state index < -0.39 is 0 Å². The molecule has 164 valence electrons. The summed E-state index contributed by atoms with van der Waals surface area (Å²) < 4.78 is 9.64. The van der Waals surface area contributed by atoms with Crippen LogP contribution in [0, 0.1) is 0 Å². The molecule has 2 aliphatic heterocycles. The van der Waals surface area contributed by atoms with E-state index in [2.05, 4.69) is 90.8 Å². The molecule has 4 aromatic rings. The zero-order valence-electron chi connectivity index (χ0n) is 18.2. The lowest BCUT2D eigenvalue weighted by Gasteiger charge is -2.39. The molecular weight excluding hydrogens is 478 g/mol. The van der Waals surface area contributed by atoms with Crippen molar-refractivity contribution in [3.63, 3.8) is 0 Å². The van der Waals surface area contributed by atoms with E-state index in [1.165, 1.54) is 0 Å². The van der Waals surface area contributed by atoms with E-state index in [1.807, 2.05) is 37.0 Å². The number of nitrogens with one attached hydrogen (secondary N) is 1. The summed E-state index contributed by atoms with van der Waals surface area (Å²) in [5.74, 6) is 1.58. The molecule has 2 atom stereocenters. The molecule has 33 heavy (non-hydrogen) atoms. The monoisotopic (exact) mass is 499 g/mol. The fourth-order valence-corrected chi connectivity index (χ4v) is 4.87. The highest BCUT2D eigenvalue weighted by molar-refractivity contribution is 9.10. The third-order valence-corrected chi connectivity index (χ3v) is 6.75. The number of aromatic nitrogens is 3. The van der Waals surface area contributed by atoms with Crippen molar-refractivity contribution in [1.29, 1.82) is 0 Å². The van der Waals surface area contributed by atoms with Gasteiger partial charge in [0.25, 0.3) is 0 Å². The van der Waals surface area contributed by atoms with Gasteiger partial charge in [0.05, 0.1) is 5.70 Å². The van der Waals surface area contributed by atoms with Crippen LogP contribution in [0.4, 0.5) is 11.6 Å². The second-order valence-electron chi connectivity index (χ2n) is 8.42. The van der Waals surface area contributed by atoms with Gasteiger partial charge < -0.3 is 15.0 Å². The zero-order chi connectivity index (χ0) is 22.5. The van der Waals surface area contributed by atoms with E-state index >= 15 is 0 Å². The SMILES string of the molecule is CN(C)c1ccc([C@@H]2C3=C(Nc4ncnn42)c2ccccc2O[C@H]3c2ccc(Br)cc2)cc1. The number of halogens is 1. The number of fused-ring (bicyclic) bond motifs is 3. The molecule has 0 fully saturated rings. The minimum atomic E-state index is -0.272. The molecule has 0 bridgehead atoms. The van der Waals surface area contributed by atoms with Gasteiger partial charge in [-0.2, -0.15) is 10.1 Å². The predicted octanol–water partition coefficient (Wildman–Crippen LogP) is 5.67. The lowest BCUT2D eigenvalue weighted by atomic mass is 9.84. The average Bonchev–Trinajstić information content (AvgIpc) is 3.31. The van der Waals surface area contributed by atoms with E-state index in [9.17, 15) is 0 Å². The van der Waals surface area contributed by atoms with Crippen LogP contribution >= 0.6 is 15.9 Å². The van der Waals surface area contributed by atoms with E-state index in [0.29, 0.717) is 0 Å². The highest BCUT2D eigenvalue weighted by Gasteiger charge is 2.40. The third kappa shape index (κ3) is 3.31. The Kier molecular flexibility index (Phi) is 4.73. The van der Waals surface area contributed by atoms with Gasteiger partial charge >= 0.3 is 0 Å². The lowest BCUT2D eigenvalue weighted by molar-refractivity contribution is 0.223. The van der Waals surface area contributed by atoms with Crippen LogP contribution in [0.15, 0.2) is 89.2 Å². The maximum atomic E-state index is 6.65. The number of anilines is 2. The first-order valence-corrected chi connectivity index (χ1v) is 11.6. The second-order valence-corrected chi connectivity index (χ2v) is 9.33. The quantitative estimate of drug-likeness (QED) is 0.393. The first-order valence-electron chi connectivity index (χ1n) is 10.8. The average molecular weight is 500 g/mol. The van der Waals surface area contributed by atoms with Gasteiger partial charge in [-0.05, 0) is 47.5 Å². The summed E-state index contributed by atoms with van der Waals surface area (Å²) in [7, 11) is 4.09. The van der Waals surface area contributed by atoms with Gasteiger partial charge in [0.15, 0.2) is 0 Å². The fourth-order valence-electron chi connectivity index (χ4n) is 4.61. The molecule has 0 unspecified atom stereocenters. The number of benzene rings is 3. The van der Waals surface area contributed by atoms with Crippen LogP contribution in [-0.2, 0) is 0 Å². The summed E-state index contributed by atoms with van der Waals surface area (Å²) >= 11 is 3.56. The van der Waals surface area contributed by atoms with Crippen LogP contribution in [0.1, 0.15) is 28.8 Å². The Morgan fingerprint density at radius 1 is 0.939 bits per heavy atom. The number of para-hydroxylation sites is 1. The molecule has 0 radical (unpaired) electrons. The summed E-state index contributed by atoms with van der Waals surface area (Å²) in [5, 5.41) is 8.14. The third-order valence-electron chi connectivity index (χ3n) is 6.22. The zero-order valence-corrected chi connectivity index (χ0v) is 19.8. The molecule has 0 saturated heterocycles. The summed E-state index contributed by atoms with van der Waals surface area (Å²) in [6, 6.07) is 24.9. The van der Waals surface area contributed by atoms with Crippen LogP contribution in [0.25, 0.3) is 5.70 Å². The van der Waals surface area contributed by atoms with E-state index in [4.69, 9.17) is 4.74 Å². The van der Waals surface area contributed by atoms with Gasteiger partial charge in [-0.15, -0.1) is 0 Å². The molecule has 1 N–H and O–H groups in total. The van der Waals surface area contributed by atoms with E-state index in [-0.39, 0.29) is 12.1 Å². The van der Waals surface area contributed by atoms with Gasteiger partial charge in [-0.25, -0.2) is 4.68 Å². The van der Waals surface area contributed by atoms with Gasteiger partial charge in [-0.3, -0.25) is 0 Å². The molecule has 0 aliphatic carbocycles. The predicted molar refractivity (Wildman–Crippen MR) is 133 cm³/mol. The van der Waals surface area contributed by atoms with Crippen molar-refractivity contribution >= 4 is 33.3 Å². The van der Waals surface area contributed by atoms with Crippen LogP contribution in [0.2, 0.25) is 0 Å². The minimum absolute atomic E-state index is 0.156. The van der Waals surface area contributed by atoms with Gasteiger partial charge in [0.2, 0.25) is 5.95 Å². The minimum Gasteiger partial charge on any atom is -0.480 e. The molecule has 1 aromatic heterocycles. The smallest absolute Gasteiger partial charge is 0.226 e. The van der Waals surface area contributed by atoms with Crippen molar-refractivity contribution < 1.29 is 4.74 Å². The standard InChI is InChI=1S/C26H22BrN5O/c1-31(2)19-13-9-16(10-14-19)24-22-23(30-26-28-15-29-32(24)26)20-5-3-4-6-21(20)33-25(22)17-7-11-18(27)12-8-17/h3-15,24-25H,1-2H3,(H,28,29,30)/t24-,25+/m1/s1. The van der Waals surface area contributed by atoms with Crippen molar-refractivity contribution in [2.24, 2.45) is 0 Å². The number of hydrogen-bond donors (Lipinski definition) is 1. The molecular formula is C26H22BrN5O. The molecule has 0 amide bonds.